The highest BCUT2D eigenvalue weighted by Gasteiger charge is 2.19. The van der Waals surface area contributed by atoms with Crippen LogP contribution in [-0.4, -0.2) is 23.4 Å². The van der Waals surface area contributed by atoms with E-state index in [2.05, 4.69) is 5.32 Å². The number of nitro benzene ring substituents is 1. The Morgan fingerprint density at radius 1 is 1.45 bits per heavy atom. The first-order chi connectivity index (χ1) is 9.47. The first kappa shape index (κ1) is 16.1. The molecule has 2 unspecified atom stereocenters. The highest BCUT2D eigenvalue weighted by atomic mass is 16.6. The Morgan fingerprint density at radius 2 is 2.10 bits per heavy atom. The standard InChI is InChI=1S/C14H21N3O3/c1-3-10(2)13(15)14(18)16-9-8-11-6-4-5-7-12(11)17(19)20/h4-7,10,13H,3,8-9,15H2,1-2H3,(H,16,18). The van der Waals surface area contributed by atoms with Crippen LogP contribution in [-0.2, 0) is 11.2 Å². The molecule has 0 fully saturated rings. The quantitative estimate of drug-likeness (QED) is 0.585. The fraction of sp³-hybridized carbons (Fsp3) is 0.500. The summed E-state index contributed by atoms with van der Waals surface area (Å²) < 4.78 is 0. The van der Waals surface area contributed by atoms with Crippen LogP contribution in [0.3, 0.4) is 0 Å². The molecule has 1 amide bonds. The van der Waals surface area contributed by atoms with E-state index in [1.54, 1.807) is 18.2 Å². The molecule has 0 radical (unpaired) electrons. The number of nitrogens with two attached hydrogens (primary N) is 1. The van der Waals surface area contributed by atoms with Gasteiger partial charge in [0, 0.05) is 18.2 Å². The van der Waals surface area contributed by atoms with E-state index >= 15 is 0 Å². The molecule has 0 aliphatic heterocycles. The SMILES string of the molecule is CCC(C)C(N)C(=O)NCCc1ccccc1[N+](=O)[O-]. The molecule has 110 valence electrons. The number of nitro groups is 1. The predicted octanol–water partition coefficient (Wildman–Crippen LogP) is 1.63. The molecule has 3 N–H and O–H groups in total. The van der Waals surface area contributed by atoms with Crippen LogP contribution in [0.5, 0.6) is 0 Å². The zero-order chi connectivity index (χ0) is 15.1. The lowest BCUT2D eigenvalue weighted by Crippen LogP contribution is -2.45. The molecule has 2 atom stereocenters. The highest BCUT2D eigenvalue weighted by molar-refractivity contribution is 5.81. The molecule has 1 rings (SSSR count). The third-order valence-electron chi connectivity index (χ3n) is 3.44. The van der Waals surface area contributed by atoms with Crippen LogP contribution in [0.25, 0.3) is 0 Å². The lowest BCUT2D eigenvalue weighted by Gasteiger charge is -2.17. The highest BCUT2D eigenvalue weighted by Crippen LogP contribution is 2.17. The molecule has 0 saturated heterocycles. The van der Waals surface area contributed by atoms with Crippen molar-refractivity contribution in [3.05, 3.63) is 39.9 Å². The second-order valence-electron chi connectivity index (χ2n) is 4.84. The van der Waals surface area contributed by atoms with Gasteiger partial charge in [-0.05, 0) is 12.3 Å². The van der Waals surface area contributed by atoms with E-state index in [9.17, 15) is 14.9 Å². The normalized spacial score (nSPS) is 13.6. The van der Waals surface area contributed by atoms with Gasteiger partial charge in [0.05, 0.1) is 11.0 Å². The number of rotatable bonds is 7. The summed E-state index contributed by atoms with van der Waals surface area (Å²) in [5, 5.41) is 13.6. The van der Waals surface area contributed by atoms with E-state index < -0.39 is 11.0 Å². The molecular formula is C14H21N3O3. The minimum atomic E-state index is -0.536. The molecular weight excluding hydrogens is 258 g/mol. The fourth-order valence-electron chi connectivity index (χ4n) is 1.85. The van der Waals surface area contributed by atoms with Crippen LogP contribution in [0.1, 0.15) is 25.8 Å². The molecule has 0 aliphatic carbocycles. The summed E-state index contributed by atoms with van der Waals surface area (Å²) in [6.45, 7) is 4.24. The third kappa shape index (κ3) is 4.31. The van der Waals surface area contributed by atoms with E-state index in [0.717, 1.165) is 6.42 Å². The maximum absolute atomic E-state index is 11.8. The van der Waals surface area contributed by atoms with E-state index in [0.29, 0.717) is 18.5 Å². The van der Waals surface area contributed by atoms with Gasteiger partial charge < -0.3 is 11.1 Å². The van der Waals surface area contributed by atoms with Crippen LogP contribution in [0.15, 0.2) is 24.3 Å². The molecule has 20 heavy (non-hydrogen) atoms. The van der Waals surface area contributed by atoms with Crippen LogP contribution in [0.2, 0.25) is 0 Å². The average molecular weight is 279 g/mol. The van der Waals surface area contributed by atoms with Gasteiger partial charge in [0.15, 0.2) is 0 Å². The van der Waals surface area contributed by atoms with Gasteiger partial charge in [0.2, 0.25) is 5.91 Å². The van der Waals surface area contributed by atoms with Gasteiger partial charge in [-0.2, -0.15) is 0 Å². The lowest BCUT2D eigenvalue weighted by atomic mass is 9.99. The molecule has 0 heterocycles. The van der Waals surface area contributed by atoms with Crippen molar-refractivity contribution in [2.24, 2.45) is 11.7 Å². The van der Waals surface area contributed by atoms with Gasteiger partial charge in [-0.15, -0.1) is 0 Å². The Morgan fingerprint density at radius 3 is 2.70 bits per heavy atom. The van der Waals surface area contributed by atoms with Crippen molar-refractivity contribution in [2.45, 2.75) is 32.7 Å². The second kappa shape index (κ2) is 7.59. The Hall–Kier alpha value is -1.95. The monoisotopic (exact) mass is 279 g/mol. The summed E-state index contributed by atoms with van der Waals surface area (Å²) in [5.74, 6) is -0.0982. The number of para-hydroxylation sites is 1. The van der Waals surface area contributed by atoms with Crippen molar-refractivity contribution in [3.8, 4) is 0 Å². The molecule has 0 bridgehead atoms. The van der Waals surface area contributed by atoms with Crippen LogP contribution in [0.4, 0.5) is 5.69 Å². The van der Waals surface area contributed by atoms with E-state index in [4.69, 9.17) is 5.73 Å². The molecule has 0 aliphatic rings. The molecule has 1 aromatic rings. The van der Waals surface area contributed by atoms with Crippen molar-refractivity contribution in [2.75, 3.05) is 6.54 Å². The van der Waals surface area contributed by atoms with Crippen LogP contribution in [0, 0.1) is 16.0 Å². The van der Waals surface area contributed by atoms with Gasteiger partial charge in [0.1, 0.15) is 0 Å². The molecule has 0 saturated carbocycles. The van der Waals surface area contributed by atoms with E-state index in [-0.39, 0.29) is 17.5 Å². The number of hydrogen-bond donors (Lipinski definition) is 2. The first-order valence-electron chi connectivity index (χ1n) is 6.73. The number of carbonyl (C=O) groups excluding carboxylic acids is 1. The smallest absolute Gasteiger partial charge is 0.272 e. The minimum Gasteiger partial charge on any atom is -0.354 e. The topological polar surface area (TPSA) is 98.3 Å². The summed E-state index contributed by atoms with van der Waals surface area (Å²) in [6, 6.07) is 5.99. The van der Waals surface area contributed by atoms with Gasteiger partial charge in [-0.1, -0.05) is 38.5 Å². The maximum Gasteiger partial charge on any atom is 0.272 e. The van der Waals surface area contributed by atoms with Crippen molar-refractivity contribution in [3.63, 3.8) is 0 Å². The Kier molecular flexibility index (Phi) is 6.11. The Balaban J connectivity index is 2.53. The lowest BCUT2D eigenvalue weighted by molar-refractivity contribution is -0.385. The third-order valence-corrected chi connectivity index (χ3v) is 3.44. The van der Waals surface area contributed by atoms with Crippen LogP contribution >= 0.6 is 0 Å². The number of nitrogens with one attached hydrogen (secondary N) is 1. The van der Waals surface area contributed by atoms with Gasteiger partial charge in [-0.25, -0.2) is 0 Å². The van der Waals surface area contributed by atoms with Gasteiger partial charge in [0.25, 0.3) is 5.69 Å². The summed E-state index contributed by atoms with van der Waals surface area (Å²) >= 11 is 0. The maximum atomic E-state index is 11.8. The number of benzene rings is 1. The number of hydrogen-bond acceptors (Lipinski definition) is 4. The Bertz CT molecular complexity index is 476. The van der Waals surface area contributed by atoms with Crippen LogP contribution < -0.4 is 11.1 Å². The molecule has 6 nitrogen and oxygen atoms in total. The summed E-state index contributed by atoms with van der Waals surface area (Å²) in [7, 11) is 0. The fourth-order valence-corrected chi connectivity index (χ4v) is 1.85. The van der Waals surface area contributed by atoms with Crippen molar-refractivity contribution in [1.29, 1.82) is 0 Å². The summed E-state index contributed by atoms with van der Waals surface area (Å²) in [5.41, 5.74) is 6.49. The van der Waals surface area contributed by atoms with E-state index in [1.807, 2.05) is 13.8 Å². The van der Waals surface area contributed by atoms with E-state index in [1.165, 1.54) is 6.07 Å². The summed E-state index contributed by atoms with van der Waals surface area (Å²) in [4.78, 5) is 22.2. The average Bonchev–Trinajstić information content (AvgIpc) is 2.45. The first-order valence-corrected chi connectivity index (χ1v) is 6.73. The largest absolute Gasteiger partial charge is 0.354 e. The number of nitrogens with zero attached hydrogens (tertiary/aromatic N) is 1. The van der Waals surface area contributed by atoms with Crippen molar-refractivity contribution < 1.29 is 9.72 Å². The van der Waals surface area contributed by atoms with Crippen molar-refractivity contribution in [1.82, 2.24) is 5.32 Å². The number of carbonyl (C=O) groups is 1. The molecule has 0 spiro atoms. The molecule has 0 aromatic heterocycles. The van der Waals surface area contributed by atoms with Crippen molar-refractivity contribution >= 4 is 11.6 Å². The van der Waals surface area contributed by atoms with Gasteiger partial charge in [-0.3, -0.25) is 14.9 Å². The zero-order valence-electron chi connectivity index (χ0n) is 11.8. The molecule has 1 aromatic carbocycles. The number of amides is 1. The molecule has 6 heteroatoms. The second-order valence-corrected chi connectivity index (χ2v) is 4.84. The minimum absolute atomic E-state index is 0.0768. The Labute approximate surface area is 118 Å². The summed E-state index contributed by atoms with van der Waals surface area (Å²) in [6.07, 6.45) is 1.24. The zero-order valence-corrected chi connectivity index (χ0v) is 11.8. The predicted molar refractivity (Wildman–Crippen MR) is 77.2 cm³/mol. The van der Waals surface area contributed by atoms with Gasteiger partial charge >= 0.3 is 0 Å².